The van der Waals surface area contributed by atoms with Gasteiger partial charge in [-0.15, -0.1) is 0 Å². The topological polar surface area (TPSA) is 208 Å². The minimum absolute atomic E-state index is 0.280. The predicted molar refractivity (Wildman–Crippen MR) is 69.9 cm³/mol. The summed E-state index contributed by atoms with van der Waals surface area (Å²) < 4.78 is 4.96. The summed E-state index contributed by atoms with van der Waals surface area (Å²) in [7, 11) is 0. The molecule has 1 heterocycles. The average molecular weight is 342 g/mol. The van der Waals surface area contributed by atoms with Crippen molar-refractivity contribution in [3.63, 3.8) is 0 Å². The summed E-state index contributed by atoms with van der Waals surface area (Å²) in [5, 5.41) is 86.1. The number of carbonyl (C=O) groups excluding carboxylic acids is 1. The lowest BCUT2D eigenvalue weighted by molar-refractivity contribution is -0.283. The van der Waals surface area contributed by atoms with Crippen molar-refractivity contribution in [2.45, 2.75) is 54.4 Å². The maximum Gasteiger partial charge on any atom is 0.177 e. The van der Waals surface area contributed by atoms with Gasteiger partial charge in [0.2, 0.25) is 0 Å². The number of hydrogen-bond donors (Lipinski definition) is 9. The van der Waals surface area contributed by atoms with Gasteiger partial charge >= 0.3 is 0 Å². The van der Waals surface area contributed by atoms with Crippen LogP contribution in [0.2, 0.25) is 0 Å². The molecule has 0 spiro atoms. The van der Waals surface area contributed by atoms with Crippen molar-refractivity contribution in [2.75, 3.05) is 13.2 Å². The lowest BCUT2D eigenvalue weighted by Crippen LogP contribution is -2.70. The second kappa shape index (κ2) is 7.90. The van der Waals surface area contributed by atoms with Gasteiger partial charge in [-0.1, -0.05) is 0 Å². The summed E-state index contributed by atoms with van der Waals surface area (Å²) in [6.45, 7) is -1.84. The van der Waals surface area contributed by atoms with E-state index in [1.54, 1.807) is 0 Å². The molecule has 1 aliphatic heterocycles. The van der Waals surface area contributed by atoms with Gasteiger partial charge in [-0.05, 0) is 0 Å². The molecule has 0 saturated carbocycles. The monoisotopic (exact) mass is 342 g/mol. The maximum absolute atomic E-state index is 11.2. The number of rotatable bonds is 7. The van der Waals surface area contributed by atoms with E-state index in [0.717, 1.165) is 0 Å². The van der Waals surface area contributed by atoms with E-state index in [1.165, 1.54) is 0 Å². The highest BCUT2D eigenvalue weighted by Gasteiger charge is 2.57. The van der Waals surface area contributed by atoms with Crippen LogP contribution in [0.5, 0.6) is 0 Å². The summed E-state index contributed by atoms with van der Waals surface area (Å²) in [6, 6.07) is 0. The fourth-order valence-corrected chi connectivity index (χ4v) is 2.38. The van der Waals surface area contributed by atoms with E-state index < -0.39 is 67.6 Å². The molecule has 1 fully saturated rings. The number of aliphatic hydroxyl groups is 9. The van der Waals surface area contributed by atoms with Gasteiger partial charge in [0.15, 0.2) is 11.9 Å². The van der Waals surface area contributed by atoms with Crippen LogP contribution in [0.15, 0.2) is 0 Å². The third-order valence-corrected chi connectivity index (χ3v) is 3.92. The highest BCUT2D eigenvalue weighted by atomic mass is 16.6. The van der Waals surface area contributed by atoms with Crippen molar-refractivity contribution in [3.8, 4) is 0 Å². The van der Waals surface area contributed by atoms with Crippen LogP contribution in [0.1, 0.15) is 0 Å². The Labute approximate surface area is 130 Å². The number of aldehydes is 1. The van der Waals surface area contributed by atoms with E-state index in [1.807, 2.05) is 0 Å². The van der Waals surface area contributed by atoms with E-state index in [9.17, 15) is 40.5 Å². The van der Waals surface area contributed by atoms with Gasteiger partial charge in [0, 0.05) is 0 Å². The zero-order valence-electron chi connectivity index (χ0n) is 12.0. The molecule has 0 bridgehead atoms. The van der Waals surface area contributed by atoms with E-state index in [4.69, 9.17) is 14.9 Å². The predicted octanol–water partition coefficient (Wildman–Crippen LogP) is -6.17. The zero-order chi connectivity index (χ0) is 17.9. The van der Waals surface area contributed by atoms with Crippen LogP contribution >= 0.6 is 0 Å². The summed E-state index contributed by atoms with van der Waals surface area (Å²) in [5.41, 5.74) is -3.01. The maximum atomic E-state index is 11.2. The van der Waals surface area contributed by atoms with Crippen LogP contribution in [0.3, 0.4) is 0 Å². The standard InChI is InChI=1S/C12H22O11/c13-1-4(16)6(17)10(21)12(22,3-15)11-9(20)8(19)7(18)5(2-14)23-11/h3-11,13-14,16-22H,1-2H2/t4?,5-,6?,7-,8+,9-,10?,11+,12?/m1/s1. The summed E-state index contributed by atoms with van der Waals surface area (Å²) in [5.74, 6) is 0. The molecule has 0 amide bonds. The normalized spacial score (nSPS) is 38.4. The van der Waals surface area contributed by atoms with Crippen LogP contribution in [-0.4, -0.2) is 120 Å². The second-order valence-corrected chi connectivity index (χ2v) is 5.44. The van der Waals surface area contributed by atoms with Crippen LogP contribution in [0.4, 0.5) is 0 Å². The molecule has 1 rings (SSSR count). The van der Waals surface area contributed by atoms with E-state index in [-0.39, 0.29) is 6.29 Å². The smallest absolute Gasteiger partial charge is 0.177 e. The van der Waals surface area contributed by atoms with Crippen LogP contribution in [-0.2, 0) is 9.53 Å². The largest absolute Gasteiger partial charge is 0.394 e. The molecule has 11 heteroatoms. The first-order chi connectivity index (χ1) is 10.6. The molecule has 0 radical (unpaired) electrons. The molecule has 9 atom stereocenters. The van der Waals surface area contributed by atoms with Gasteiger partial charge in [-0.25, -0.2) is 0 Å². The molecule has 0 aromatic rings. The number of aliphatic hydroxyl groups excluding tert-OH is 8. The molecule has 1 aliphatic rings. The quantitative estimate of drug-likeness (QED) is 0.199. The Kier molecular flexibility index (Phi) is 6.97. The third-order valence-electron chi connectivity index (χ3n) is 3.92. The molecule has 1 saturated heterocycles. The first kappa shape index (κ1) is 20.3. The van der Waals surface area contributed by atoms with Crippen LogP contribution in [0, 0.1) is 0 Å². The van der Waals surface area contributed by atoms with Crippen molar-refractivity contribution in [1.29, 1.82) is 0 Å². The minimum atomic E-state index is -3.01. The highest BCUT2D eigenvalue weighted by molar-refractivity contribution is 5.65. The van der Waals surface area contributed by atoms with Crippen LogP contribution < -0.4 is 0 Å². The van der Waals surface area contributed by atoms with Crippen molar-refractivity contribution in [1.82, 2.24) is 0 Å². The molecule has 4 unspecified atom stereocenters. The summed E-state index contributed by atoms with van der Waals surface area (Å²) in [4.78, 5) is 11.2. The van der Waals surface area contributed by atoms with E-state index >= 15 is 0 Å². The Morgan fingerprint density at radius 2 is 1.61 bits per heavy atom. The highest BCUT2D eigenvalue weighted by Crippen LogP contribution is 2.31. The molecule has 136 valence electrons. The van der Waals surface area contributed by atoms with Gasteiger partial charge in [-0.3, -0.25) is 4.79 Å². The Balaban J connectivity index is 3.12. The van der Waals surface area contributed by atoms with Gasteiger partial charge in [-0.2, -0.15) is 0 Å². The molecule has 0 aromatic heterocycles. The SMILES string of the molecule is O=CC(O)(C(O)C(O)C(O)CO)[C@H]1O[C@H](CO)[C@@H](O)[C@H](O)[C@H]1O. The molecule has 11 nitrogen and oxygen atoms in total. The number of carbonyl (C=O) groups is 1. The fourth-order valence-electron chi connectivity index (χ4n) is 2.38. The Morgan fingerprint density at radius 3 is 2.04 bits per heavy atom. The molecular weight excluding hydrogens is 320 g/mol. The summed E-state index contributed by atoms with van der Waals surface area (Å²) >= 11 is 0. The van der Waals surface area contributed by atoms with Crippen LogP contribution in [0.25, 0.3) is 0 Å². The van der Waals surface area contributed by atoms with Gasteiger partial charge in [0.1, 0.15) is 48.8 Å². The molecule has 0 aromatic carbocycles. The first-order valence-electron chi connectivity index (χ1n) is 6.79. The Hall–Kier alpha value is -0.730. The van der Waals surface area contributed by atoms with E-state index in [2.05, 4.69) is 0 Å². The van der Waals surface area contributed by atoms with Gasteiger partial charge < -0.3 is 50.7 Å². The van der Waals surface area contributed by atoms with Crippen molar-refractivity contribution < 1.29 is 55.5 Å². The Bertz CT molecular complexity index is 391. The third kappa shape index (κ3) is 3.69. The summed E-state index contributed by atoms with van der Waals surface area (Å²) in [6.07, 6.45) is -16.0. The number of ether oxygens (including phenoxy) is 1. The van der Waals surface area contributed by atoms with Crippen molar-refractivity contribution in [3.05, 3.63) is 0 Å². The van der Waals surface area contributed by atoms with Crippen molar-refractivity contribution in [2.24, 2.45) is 0 Å². The second-order valence-electron chi connectivity index (χ2n) is 5.44. The first-order valence-corrected chi connectivity index (χ1v) is 6.79. The van der Waals surface area contributed by atoms with Crippen molar-refractivity contribution >= 4 is 6.29 Å². The zero-order valence-corrected chi connectivity index (χ0v) is 12.0. The lowest BCUT2D eigenvalue weighted by atomic mass is 9.80. The van der Waals surface area contributed by atoms with E-state index in [0.29, 0.717) is 0 Å². The lowest BCUT2D eigenvalue weighted by Gasteiger charge is -2.47. The fraction of sp³-hybridized carbons (Fsp3) is 0.917. The average Bonchev–Trinajstić information content (AvgIpc) is 2.57. The minimum Gasteiger partial charge on any atom is -0.394 e. The van der Waals surface area contributed by atoms with Gasteiger partial charge in [0.05, 0.1) is 13.2 Å². The molecule has 23 heavy (non-hydrogen) atoms. The van der Waals surface area contributed by atoms with Gasteiger partial charge in [0.25, 0.3) is 0 Å². The molecule has 9 N–H and O–H groups in total. The Morgan fingerprint density at radius 1 is 1.04 bits per heavy atom. The molecular formula is C12H22O11. The number of hydrogen-bond acceptors (Lipinski definition) is 11. The molecule has 0 aliphatic carbocycles.